The van der Waals surface area contributed by atoms with Gasteiger partial charge in [-0.15, -0.1) is 5.10 Å². The number of para-hydroxylation sites is 1. The van der Waals surface area contributed by atoms with Gasteiger partial charge in [-0.3, -0.25) is 0 Å². The van der Waals surface area contributed by atoms with E-state index in [9.17, 15) is 5.26 Å². The molecule has 120 valence electrons. The Bertz CT molecular complexity index is 849. The molecule has 0 aliphatic rings. The number of hydrogen-bond acceptors (Lipinski definition) is 4. The van der Waals surface area contributed by atoms with Crippen LogP contribution in [0.3, 0.4) is 0 Å². The van der Waals surface area contributed by atoms with E-state index in [1.807, 2.05) is 42.5 Å². The van der Waals surface area contributed by atoms with Crippen LogP contribution in [0.15, 0.2) is 54.6 Å². The maximum absolute atomic E-state index is 9.26. The van der Waals surface area contributed by atoms with Crippen LogP contribution in [-0.4, -0.2) is 21.6 Å². The standard InChI is InChI=1S/C19H18N4O/c1-15-7-5-6-8-16(15)14-23-19(18(13-20)21-22-23)11-12-24-17-9-3-2-4-10-17/h2-10H,11-12,14H2,1H3. The van der Waals surface area contributed by atoms with Crippen LogP contribution < -0.4 is 4.74 Å². The van der Waals surface area contributed by atoms with Crippen LogP contribution in [0, 0.1) is 18.3 Å². The summed E-state index contributed by atoms with van der Waals surface area (Å²) in [6, 6.07) is 19.9. The van der Waals surface area contributed by atoms with E-state index in [1.165, 1.54) is 5.56 Å². The Morgan fingerprint density at radius 1 is 1.08 bits per heavy atom. The maximum atomic E-state index is 9.26. The number of rotatable bonds is 6. The van der Waals surface area contributed by atoms with Crippen molar-refractivity contribution in [1.29, 1.82) is 5.26 Å². The van der Waals surface area contributed by atoms with Gasteiger partial charge in [-0.2, -0.15) is 5.26 Å². The molecule has 3 aromatic rings. The van der Waals surface area contributed by atoms with Gasteiger partial charge in [-0.05, 0) is 30.2 Å². The summed E-state index contributed by atoms with van der Waals surface area (Å²) in [5, 5.41) is 17.4. The molecule has 5 heteroatoms. The van der Waals surface area contributed by atoms with Crippen molar-refractivity contribution in [1.82, 2.24) is 15.0 Å². The summed E-state index contributed by atoms with van der Waals surface area (Å²) in [4.78, 5) is 0. The second-order valence-electron chi connectivity index (χ2n) is 5.49. The molecule has 0 spiro atoms. The van der Waals surface area contributed by atoms with Gasteiger partial charge in [0.15, 0.2) is 5.69 Å². The molecule has 0 saturated heterocycles. The molecule has 0 bridgehead atoms. The Labute approximate surface area is 141 Å². The topological polar surface area (TPSA) is 63.7 Å². The molecule has 0 N–H and O–H groups in total. The zero-order chi connectivity index (χ0) is 16.8. The zero-order valence-corrected chi connectivity index (χ0v) is 13.5. The summed E-state index contributed by atoms with van der Waals surface area (Å²) in [6.45, 7) is 3.14. The molecule has 2 aromatic carbocycles. The monoisotopic (exact) mass is 318 g/mol. The van der Waals surface area contributed by atoms with Gasteiger partial charge in [0.25, 0.3) is 0 Å². The first-order valence-electron chi connectivity index (χ1n) is 7.82. The molecule has 0 radical (unpaired) electrons. The lowest BCUT2D eigenvalue weighted by atomic mass is 10.1. The third kappa shape index (κ3) is 3.61. The molecule has 0 atom stereocenters. The number of aryl methyl sites for hydroxylation is 1. The minimum Gasteiger partial charge on any atom is -0.493 e. The fourth-order valence-electron chi connectivity index (χ4n) is 2.53. The second kappa shape index (κ2) is 7.42. The van der Waals surface area contributed by atoms with Crippen molar-refractivity contribution in [2.45, 2.75) is 19.9 Å². The van der Waals surface area contributed by atoms with Crippen LogP contribution in [0.2, 0.25) is 0 Å². The van der Waals surface area contributed by atoms with E-state index >= 15 is 0 Å². The molecule has 24 heavy (non-hydrogen) atoms. The summed E-state index contributed by atoms with van der Waals surface area (Å²) in [5.41, 5.74) is 3.52. The van der Waals surface area contributed by atoms with Crippen molar-refractivity contribution in [3.05, 3.63) is 77.1 Å². The van der Waals surface area contributed by atoms with Crippen molar-refractivity contribution < 1.29 is 4.74 Å². The van der Waals surface area contributed by atoms with Gasteiger partial charge in [0, 0.05) is 6.42 Å². The minimum absolute atomic E-state index is 0.361. The smallest absolute Gasteiger partial charge is 0.186 e. The summed E-state index contributed by atoms with van der Waals surface area (Å²) in [7, 11) is 0. The number of aromatic nitrogens is 3. The van der Waals surface area contributed by atoms with E-state index in [0.29, 0.717) is 25.3 Å². The summed E-state index contributed by atoms with van der Waals surface area (Å²) in [6.07, 6.45) is 0.580. The minimum atomic E-state index is 0.361. The van der Waals surface area contributed by atoms with Crippen LogP contribution in [0.25, 0.3) is 0 Å². The molecule has 1 aromatic heterocycles. The number of ether oxygens (including phenoxy) is 1. The number of nitriles is 1. The van der Waals surface area contributed by atoms with E-state index < -0.39 is 0 Å². The molecular weight excluding hydrogens is 300 g/mol. The first kappa shape index (κ1) is 15.8. The van der Waals surface area contributed by atoms with Gasteiger partial charge in [-0.25, -0.2) is 4.68 Å². The first-order valence-corrected chi connectivity index (χ1v) is 7.82. The van der Waals surface area contributed by atoms with E-state index in [-0.39, 0.29) is 0 Å². The van der Waals surface area contributed by atoms with Crippen LogP contribution >= 0.6 is 0 Å². The maximum Gasteiger partial charge on any atom is 0.186 e. The molecule has 0 amide bonds. The zero-order valence-electron chi connectivity index (χ0n) is 13.5. The van der Waals surface area contributed by atoms with Crippen LogP contribution in [0.4, 0.5) is 0 Å². The van der Waals surface area contributed by atoms with Crippen molar-refractivity contribution in [3.8, 4) is 11.8 Å². The summed E-state index contributed by atoms with van der Waals surface area (Å²) in [5.74, 6) is 0.814. The van der Waals surface area contributed by atoms with Crippen molar-refractivity contribution in [3.63, 3.8) is 0 Å². The second-order valence-corrected chi connectivity index (χ2v) is 5.49. The number of benzene rings is 2. The lowest BCUT2D eigenvalue weighted by Gasteiger charge is -2.10. The average Bonchev–Trinajstić information content (AvgIpc) is 3.00. The van der Waals surface area contributed by atoms with Gasteiger partial charge >= 0.3 is 0 Å². The first-order chi connectivity index (χ1) is 11.8. The third-order valence-corrected chi connectivity index (χ3v) is 3.88. The fourth-order valence-corrected chi connectivity index (χ4v) is 2.53. The van der Waals surface area contributed by atoms with Gasteiger partial charge in [0.2, 0.25) is 0 Å². The molecule has 0 unspecified atom stereocenters. The lowest BCUT2D eigenvalue weighted by Crippen LogP contribution is -2.11. The summed E-state index contributed by atoms with van der Waals surface area (Å²) < 4.78 is 7.52. The molecule has 5 nitrogen and oxygen atoms in total. The highest BCUT2D eigenvalue weighted by Gasteiger charge is 2.13. The normalized spacial score (nSPS) is 10.3. The molecule has 0 aliphatic carbocycles. The van der Waals surface area contributed by atoms with E-state index in [1.54, 1.807) is 4.68 Å². The Balaban J connectivity index is 1.73. The quantitative estimate of drug-likeness (QED) is 0.700. The van der Waals surface area contributed by atoms with E-state index in [0.717, 1.165) is 17.0 Å². The van der Waals surface area contributed by atoms with Crippen LogP contribution in [0.5, 0.6) is 5.75 Å². The van der Waals surface area contributed by atoms with E-state index in [4.69, 9.17) is 4.74 Å². The number of nitrogens with zero attached hydrogens (tertiary/aromatic N) is 4. The molecule has 1 heterocycles. The average molecular weight is 318 g/mol. The van der Waals surface area contributed by atoms with Gasteiger partial charge in [0.05, 0.1) is 18.8 Å². The van der Waals surface area contributed by atoms with Crippen molar-refractivity contribution >= 4 is 0 Å². The molecule has 0 saturated carbocycles. The van der Waals surface area contributed by atoms with Crippen molar-refractivity contribution in [2.24, 2.45) is 0 Å². The van der Waals surface area contributed by atoms with Crippen molar-refractivity contribution in [2.75, 3.05) is 6.61 Å². The van der Waals surface area contributed by atoms with Crippen LogP contribution in [-0.2, 0) is 13.0 Å². The largest absolute Gasteiger partial charge is 0.493 e. The Hall–Kier alpha value is -3.13. The molecule has 0 fully saturated rings. The number of hydrogen-bond donors (Lipinski definition) is 0. The van der Waals surface area contributed by atoms with Gasteiger partial charge in [-0.1, -0.05) is 47.7 Å². The molecular formula is C19H18N4O. The predicted octanol–water partition coefficient (Wildman–Crippen LogP) is 3.13. The Kier molecular flexibility index (Phi) is 4.87. The SMILES string of the molecule is Cc1ccccc1Cn1nnc(C#N)c1CCOc1ccccc1. The summed E-state index contributed by atoms with van der Waals surface area (Å²) >= 11 is 0. The lowest BCUT2D eigenvalue weighted by molar-refractivity contribution is 0.317. The highest BCUT2D eigenvalue weighted by Crippen LogP contribution is 2.14. The molecule has 0 aliphatic heterocycles. The van der Waals surface area contributed by atoms with E-state index in [2.05, 4.69) is 35.4 Å². The Morgan fingerprint density at radius 3 is 2.58 bits per heavy atom. The van der Waals surface area contributed by atoms with Crippen LogP contribution in [0.1, 0.15) is 22.5 Å². The molecule has 3 rings (SSSR count). The Morgan fingerprint density at radius 2 is 1.83 bits per heavy atom. The van der Waals surface area contributed by atoms with Gasteiger partial charge < -0.3 is 4.74 Å². The highest BCUT2D eigenvalue weighted by molar-refractivity contribution is 5.29. The van der Waals surface area contributed by atoms with Gasteiger partial charge in [0.1, 0.15) is 11.8 Å². The predicted molar refractivity (Wildman–Crippen MR) is 90.7 cm³/mol. The highest BCUT2D eigenvalue weighted by atomic mass is 16.5. The fraction of sp³-hybridized carbons (Fsp3) is 0.211. The third-order valence-electron chi connectivity index (χ3n) is 3.88.